The van der Waals surface area contributed by atoms with Crippen LogP contribution in [0.1, 0.15) is 11.1 Å². The Morgan fingerprint density at radius 3 is 2.32 bits per heavy atom. The lowest BCUT2D eigenvalue weighted by atomic mass is 10.0. The van der Waals surface area contributed by atoms with Gasteiger partial charge in [0.1, 0.15) is 11.4 Å². The lowest BCUT2D eigenvalue weighted by Gasteiger charge is -2.29. The number of thiocarbonyl (C=S) groups is 1. The highest BCUT2D eigenvalue weighted by Crippen LogP contribution is 2.33. The summed E-state index contributed by atoms with van der Waals surface area (Å²) in [6.07, 6.45) is -4.17. The zero-order chi connectivity index (χ0) is 20.6. The Hall–Kier alpha value is -2.78. The third kappa shape index (κ3) is 3.76. The predicted octanol–water partition coefficient (Wildman–Crippen LogP) is 4.33. The lowest BCUT2D eigenvalue weighted by molar-refractivity contribution is -0.140. The average molecular weight is 429 g/mol. The third-order valence-corrected chi connectivity index (χ3v) is 4.36. The first kappa shape index (κ1) is 20.0. The van der Waals surface area contributed by atoms with Crippen molar-refractivity contribution >= 4 is 52.5 Å². The number of nitrogens with one attached hydrogen (secondary N) is 1. The van der Waals surface area contributed by atoms with Gasteiger partial charge in [0.2, 0.25) is 0 Å². The fourth-order valence-electron chi connectivity index (χ4n) is 2.52. The van der Waals surface area contributed by atoms with Gasteiger partial charge in [-0.2, -0.15) is 13.2 Å². The van der Waals surface area contributed by atoms with E-state index in [4.69, 9.17) is 23.8 Å². The monoisotopic (exact) mass is 428 g/mol. The van der Waals surface area contributed by atoms with E-state index in [-0.39, 0.29) is 10.8 Å². The molecule has 1 aliphatic rings. The smallest absolute Gasteiger partial charge is 0.298 e. The molecule has 0 atom stereocenters. The van der Waals surface area contributed by atoms with E-state index in [9.17, 15) is 27.2 Å². The zero-order valence-electron chi connectivity index (χ0n) is 13.7. The van der Waals surface area contributed by atoms with Crippen molar-refractivity contribution in [3.63, 3.8) is 0 Å². The van der Waals surface area contributed by atoms with E-state index in [0.717, 1.165) is 23.1 Å². The van der Waals surface area contributed by atoms with Crippen LogP contribution in [0.2, 0.25) is 5.02 Å². The van der Waals surface area contributed by atoms with Crippen molar-refractivity contribution in [2.75, 3.05) is 4.90 Å². The SMILES string of the molecule is O=C1NC(=S)N(c2ccc(Cl)cc2)C(=O)/C1=C/c1cccc(C(F)(F)F)c1F. The van der Waals surface area contributed by atoms with Gasteiger partial charge in [0.05, 0.1) is 11.3 Å². The molecular formula is C18H9ClF4N2O2S. The normalized spacial score (nSPS) is 16.5. The van der Waals surface area contributed by atoms with Gasteiger partial charge in [-0.05, 0) is 48.6 Å². The van der Waals surface area contributed by atoms with Crippen LogP contribution < -0.4 is 10.2 Å². The minimum atomic E-state index is -4.92. The van der Waals surface area contributed by atoms with Gasteiger partial charge in [0, 0.05) is 10.6 Å². The van der Waals surface area contributed by atoms with Crippen molar-refractivity contribution in [1.29, 1.82) is 0 Å². The van der Waals surface area contributed by atoms with Crippen molar-refractivity contribution in [3.05, 3.63) is 70.0 Å². The molecule has 28 heavy (non-hydrogen) atoms. The summed E-state index contributed by atoms with van der Waals surface area (Å²) in [6.45, 7) is 0. The standard InChI is InChI=1S/C18H9ClF4N2O2S/c19-10-4-6-11(7-5-10)25-16(27)12(15(26)24-17(25)28)8-9-2-1-3-13(14(9)20)18(21,22)23/h1-8H,(H,24,26,28)/b12-8+. The summed E-state index contributed by atoms with van der Waals surface area (Å²) in [6, 6.07) is 8.47. The van der Waals surface area contributed by atoms with Crippen LogP contribution >= 0.6 is 23.8 Å². The molecule has 0 bridgehead atoms. The molecule has 0 radical (unpaired) electrons. The Balaban J connectivity index is 2.06. The molecule has 2 aromatic rings. The molecule has 0 unspecified atom stereocenters. The van der Waals surface area contributed by atoms with E-state index in [1.165, 1.54) is 24.3 Å². The molecule has 1 aliphatic heterocycles. The van der Waals surface area contributed by atoms with Gasteiger partial charge < -0.3 is 0 Å². The van der Waals surface area contributed by atoms with Crippen LogP contribution in [-0.2, 0) is 15.8 Å². The van der Waals surface area contributed by atoms with E-state index >= 15 is 0 Å². The van der Waals surface area contributed by atoms with E-state index in [2.05, 4.69) is 5.32 Å². The van der Waals surface area contributed by atoms with Crippen molar-refractivity contribution in [1.82, 2.24) is 5.32 Å². The molecule has 1 fully saturated rings. The molecule has 0 saturated carbocycles. The summed E-state index contributed by atoms with van der Waals surface area (Å²) in [5.41, 5.74) is -2.36. The average Bonchev–Trinajstić information content (AvgIpc) is 2.60. The Morgan fingerprint density at radius 2 is 1.71 bits per heavy atom. The maximum atomic E-state index is 14.3. The van der Waals surface area contributed by atoms with Gasteiger partial charge in [0.15, 0.2) is 5.11 Å². The minimum absolute atomic E-state index is 0.223. The second-order valence-corrected chi connectivity index (χ2v) is 6.46. The minimum Gasteiger partial charge on any atom is -0.298 e. The molecule has 1 N–H and O–H groups in total. The number of rotatable bonds is 2. The van der Waals surface area contributed by atoms with Gasteiger partial charge in [0.25, 0.3) is 11.8 Å². The Labute approximate surface area is 166 Å². The Kier molecular flexibility index (Phi) is 5.22. The second kappa shape index (κ2) is 7.33. The number of halogens is 5. The number of carbonyl (C=O) groups is 2. The highest BCUT2D eigenvalue weighted by molar-refractivity contribution is 7.80. The number of carbonyl (C=O) groups excluding carboxylic acids is 2. The maximum Gasteiger partial charge on any atom is 0.419 e. The molecule has 0 spiro atoms. The Morgan fingerprint density at radius 1 is 1.07 bits per heavy atom. The number of hydrogen-bond donors (Lipinski definition) is 1. The van der Waals surface area contributed by atoms with Crippen LogP contribution in [0.3, 0.4) is 0 Å². The van der Waals surface area contributed by atoms with Crippen molar-refractivity contribution < 1.29 is 27.2 Å². The first-order valence-corrected chi connectivity index (χ1v) is 8.41. The number of benzene rings is 2. The third-order valence-electron chi connectivity index (χ3n) is 3.82. The first-order chi connectivity index (χ1) is 13.1. The number of anilines is 1. The van der Waals surface area contributed by atoms with Gasteiger partial charge in [-0.15, -0.1) is 0 Å². The van der Waals surface area contributed by atoms with E-state index in [1.54, 1.807) is 0 Å². The fraction of sp³-hybridized carbons (Fsp3) is 0.0556. The Bertz CT molecular complexity index is 1020. The molecule has 2 aromatic carbocycles. The van der Waals surface area contributed by atoms with Crippen LogP contribution in [0.25, 0.3) is 6.08 Å². The number of nitrogens with zero attached hydrogens (tertiary/aromatic N) is 1. The number of hydrogen-bond acceptors (Lipinski definition) is 3. The van der Waals surface area contributed by atoms with Crippen LogP contribution in [0, 0.1) is 5.82 Å². The molecule has 144 valence electrons. The quantitative estimate of drug-likeness (QED) is 0.335. The molecule has 4 nitrogen and oxygen atoms in total. The van der Waals surface area contributed by atoms with Crippen molar-refractivity contribution in [3.8, 4) is 0 Å². The lowest BCUT2D eigenvalue weighted by Crippen LogP contribution is -2.54. The van der Waals surface area contributed by atoms with Gasteiger partial charge >= 0.3 is 6.18 Å². The van der Waals surface area contributed by atoms with Gasteiger partial charge in [-0.3, -0.25) is 19.8 Å². The van der Waals surface area contributed by atoms with Crippen LogP contribution in [0.5, 0.6) is 0 Å². The van der Waals surface area contributed by atoms with Crippen LogP contribution in [0.15, 0.2) is 48.0 Å². The summed E-state index contributed by atoms with van der Waals surface area (Å²) in [5, 5.41) is 2.43. The maximum absolute atomic E-state index is 14.3. The molecule has 1 saturated heterocycles. The van der Waals surface area contributed by atoms with E-state index in [0.29, 0.717) is 11.1 Å². The summed E-state index contributed by atoms with van der Waals surface area (Å²) in [4.78, 5) is 25.9. The van der Waals surface area contributed by atoms with Crippen molar-refractivity contribution in [2.45, 2.75) is 6.18 Å². The molecule has 1 heterocycles. The highest BCUT2D eigenvalue weighted by Gasteiger charge is 2.37. The highest BCUT2D eigenvalue weighted by atomic mass is 35.5. The fourth-order valence-corrected chi connectivity index (χ4v) is 2.92. The summed E-state index contributed by atoms with van der Waals surface area (Å²) in [7, 11) is 0. The van der Waals surface area contributed by atoms with Gasteiger partial charge in [-0.1, -0.05) is 23.7 Å². The summed E-state index contributed by atoms with van der Waals surface area (Å²) < 4.78 is 52.9. The second-order valence-electron chi connectivity index (χ2n) is 5.64. The largest absolute Gasteiger partial charge is 0.419 e. The topological polar surface area (TPSA) is 49.4 Å². The molecule has 0 aromatic heterocycles. The van der Waals surface area contributed by atoms with Crippen LogP contribution in [-0.4, -0.2) is 16.9 Å². The molecule has 2 amide bonds. The molecular weight excluding hydrogens is 420 g/mol. The van der Waals surface area contributed by atoms with E-state index in [1.807, 2.05) is 0 Å². The molecule has 3 rings (SSSR count). The zero-order valence-corrected chi connectivity index (χ0v) is 15.3. The predicted molar refractivity (Wildman–Crippen MR) is 99.1 cm³/mol. The van der Waals surface area contributed by atoms with Crippen LogP contribution in [0.4, 0.5) is 23.2 Å². The number of alkyl halides is 3. The summed E-state index contributed by atoms with van der Waals surface area (Å²) in [5.74, 6) is -3.45. The molecule has 10 heteroatoms. The molecule has 0 aliphatic carbocycles. The van der Waals surface area contributed by atoms with Gasteiger partial charge in [-0.25, -0.2) is 4.39 Å². The summed E-state index contributed by atoms with van der Waals surface area (Å²) >= 11 is 10.8. The van der Waals surface area contributed by atoms with Crippen molar-refractivity contribution in [2.24, 2.45) is 0 Å². The number of amides is 2. The van der Waals surface area contributed by atoms with E-state index < -0.39 is 40.5 Å². The first-order valence-electron chi connectivity index (χ1n) is 7.62.